The molecule has 28 heavy (non-hydrogen) atoms. The molecule has 160 valence electrons. The summed E-state index contributed by atoms with van der Waals surface area (Å²) < 4.78 is 5.34. The number of halogens is 2. The Morgan fingerprint density at radius 3 is 2.64 bits per heavy atom. The lowest BCUT2D eigenvalue weighted by atomic mass is 10.1. The van der Waals surface area contributed by atoms with Crippen molar-refractivity contribution in [2.45, 2.75) is 33.2 Å². The van der Waals surface area contributed by atoms with Gasteiger partial charge in [-0.3, -0.25) is 9.89 Å². The van der Waals surface area contributed by atoms with Crippen LogP contribution in [0.1, 0.15) is 38.8 Å². The molecule has 7 heteroatoms. The zero-order valence-electron chi connectivity index (χ0n) is 17.7. The first-order chi connectivity index (χ1) is 13.1. The standard InChI is InChI=1S/C21H35ClN4O.HI/c1-5-23-21(26-13-12-17(15-26)16-27-4)24-14-20(25(6-2)7-3)18-10-8-9-11-19(18)22;/h8-11,17,20H,5-7,12-16H2,1-4H3,(H,23,24);1H. The minimum atomic E-state index is 0. The first-order valence-corrected chi connectivity index (χ1v) is 10.5. The molecule has 2 atom stereocenters. The first kappa shape index (κ1) is 25.5. The highest BCUT2D eigenvalue weighted by atomic mass is 127. The van der Waals surface area contributed by atoms with Crippen LogP contribution in [0.25, 0.3) is 0 Å². The van der Waals surface area contributed by atoms with Gasteiger partial charge in [-0.15, -0.1) is 24.0 Å². The fraction of sp³-hybridized carbons (Fsp3) is 0.667. The fourth-order valence-corrected chi connectivity index (χ4v) is 4.08. The van der Waals surface area contributed by atoms with Crippen molar-refractivity contribution in [3.05, 3.63) is 34.9 Å². The number of hydrogen-bond acceptors (Lipinski definition) is 3. The quantitative estimate of drug-likeness (QED) is 0.299. The molecule has 1 fully saturated rings. The van der Waals surface area contributed by atoms with E-state index in [-0.39, 0.29) is 30.0 Å². The number of guanidine groups is 1. The van der Waals surface area contributed by atoms with E-state index < -0.39 is 0 Å². The lowest BCUT2D eigenvalue weighted by molar-refractivity contribution is 0.157. The van der Waals surface area contributed by atoms with E-state index in [0.29, 0.717) is 12.5 Å². The molecule has 1 N–H and O–H groups in total. The van der Waals surface area contributed by atoms with E-state index >= 15 is 0 Å². The van der Waals surface area contributed by atoms with Crippen LogP contribution >= 0.6 is 35.6 Å². The molecule has 2 unspecified atom stereocenters. The molecule has 0 aliphatic carbocycles. The number of benzene rings is 1. The van der Waals surface area contributed by atoms with Crippen LogP contribution in [0.3, 0.4) is 0 Å². The normalized spacial score (nSPS) is 18.3. The molecule has 1 aliphatic heterocycles. The third-order valence-corrected chi connectivity index (χ3v) is 5.60. The van der Waals surface area contributed by atoms with Gasteiger partial charge in [-0.1, -0.05) is 43.6 Å². The predicted octanol–water partition coefficient (Wildman–Crippen LogP) is 4.27. The SMILES string of the molecule is CCNC(=NCC(c1ccccc1Cl)N(CC)CC)N1CCC(COC)C1.I. The maximum Gasteiger partial charge on any atom is 0.193 e. The summed E-state index contributed by atoms with van der Waals surface area (Å²) in [5.41, 5.74) is 1.15. The van der Waals surface area contributed by atoms with Gasteiger partial charge in [0, 0.05) is 37.7 Å². The van der Waals surface area contributed by atoms with Crippen LogP contribution < -0.4 is 5.32 Å². The van der Waals surface area contributed by atoms with E-state index in [1.165, 1.54) is 0 Å². The van der Waals surface area contributed by atoms with Crippen LogP contribution in [-0.2, 0) is 4.74 Å². The predicted molar refractivity (Wildman–Crippen MR) is 130 cm³/mol. The average molecular weight is 523 g/mol. The van der Waals surface area contributed by atoms with Crippen molar-refractivity contribution in [2.24, 2.45) is 10.9 Å². The second-order valence-corrected chi connectivity index (χ2v) is 7.42. The van der Waals surface area contributed by atoms with Gasteiger partial charge in [0.25, 0.3) is 0 Å². The van der Waals surface area contributed by atoms with Gasteiger partial charge in [0.1, 0.15) is 0 Å². The van der Waals surface area contributed by atoms with E-state index in [1.807, 2.05) is 12.1 Å². The largest absolute Gasteiger partial charge is 0.384 e. The molecule has 1 aromatic rings. The van der Waals surface area contributed by atoms with Gasteiger partial charge in [-0.2, -0.15) is 0 Å². The summed E-state index contributed by atoms with van der Waals surface area (Å²) in [7, 11) is 1.78. The van der Waals surface area contributed by atoms with Crippen molar-refractivity contribution in [1.29, 1.82) is 0 Å². The summed E-state index contributed by atoms with van der Waals surface area (Å²) in [4.78, 5) is 9.80. The van der Waals surface area contributed by atoms with Crippen LogP contribution in [0.2, 0.25) is 5.02 Å². The van der Waals surface area contributed by atoms with E-state index in [9.17, 15) is 0 Å². The van der Waals surface area contributed by atoms with Gasteiger partial charge in [0.05, 0.1) is 19.2 Å². The van der Waals surface area contributed by atoms with Gasteiger partial charge in [-0.05, 0) is 38.1 Å². The molecule has 2 rings (SSSR count). The maximum absolute atomic E-state index is 6.52. The minimum absolute atomic E-state index is 0. The van der Waals surface area contributed by atoms with Crippen LogP contribution in [0.5, 0.6) is 0 Å². The van der Waals surface area contributed by atoms with Crippen molar-refractivity contribution >= 4 is 41.5 Å². The monoisotopic (exact) mass is 522 g/mol. The Kier molecular flexibility index (Phi) is 12.4. The average Bonchev–Trinajstić information content (AvgIpc) is 3.13. The van der Waals surface area contributed by atoms with Crippen molar-refractivity contribution in [3.8, 4) is 0 Å². The molecule has 1 aromatic carbocycles. The van der Waals surface area contributed by atoms with Gasteiger partial charge in [-0.25, -0.2) is 0 Å². The molecule has 1 heterocycles. The third-order valence-electron chi connectivity index (χ3n) is 5.25. The number of nitrogens with zero attached hydrogens (tertiary/aromatic N) is 3. The zero-order chi connectivity index (χ0) is 19.6. The number of aliphatic imine (C=N–C) groups is 1. The topological polar surface area (TPSA) is 40.1 Å². The van der Waals surface area contributed by atoms with Crippen molar-refractivity contribution in [2.75, 3.05) is 53.0 Å². The third kappa shape index (κ3) is 7.04. The first-order valence-electron chi connectivity index (χ1n) is 10.1. The zero-order valence-corrected chi connectivity index (χ0v) is 20.7. The Morgan fingerprint density at radius 1 is 1.32 bits per heavy atom. The Labute approximate surface area is 192 Å². The summed E-state index contributed by atoms with van der Waals surface area (Å²) in [5, 5.41) is 4.28. The fourth-order valence-electron chi connectivity index (χ4n) is 3.82. The minimum Gasteiger partial charge on any atom is -0.384 e. The molecule has 5 nitrogen and oxygen atoms in total. The van der Waals surface area contributed by atoms with Crippen LogP contribution in [-0.4, -0.2) is 68.7 Å². The maximum atomic E-state index is 6.52. The number of likely N-dealkylation sites (tertiary alicyclic amines) is 1. The molecule has 1 aliphatic rings. The van der Waals surface area contributed by atoms with Crippen LogP contribution in [0.4, 0.5) is 0 Å². The number of nitrogens with one attached hydrogen (secondary N) is 1. The molecule has 0 spiro atoms. The summed E-state index contributed by atoms with van der Waals surface area (Å²) in [6.45, 7) is 12.9. The molecular formula is C21H36ClIN4O. The number of likely N-dealkylation sites (N-methyl/N-ethyl adjacent to an activating group) is 1. The van der Waals surface area contributed by atoms with Gasteiger partial charge in [0.15, 0.2) is 5.96 Å². The Bertz CT molecular complexity index is 598. The van der Waals surface area contributed by atoms with Gasteiger partial charge >= 0.3 is 0 Å². The molecule has 1 saturated heterocycles. The molecular weight excluding hydrogens is 487 g/mol. The molecule has 0 saturated carbocycles. The van der Waals surface area contributed by atoms with Crippen LogP contribution in [0, 0.1) is 5.92 Å². The number of ether oxygens (including phenoxy) is 1. The van der Waals surface area contributed by atoms with Crippen LogP contribution in [0.15, 0.2) is 29.3 Å². The molecule has 0 amide bonds. The smallest absolute Gasteiger partial charge is 0.193 e. The van der Waals surface area contributed by atoms with E-state index in [2.05, 4.69) is 48.0 Å². The Hall–Kier alpha value is -0.570. The lowest BCUT2D eigenvalue weighted by Gasteiger charge is -2.30. The van der Waals surface area contributed by atoms with E-state index in [4.69, 9.17) is 21.3 Å². The second-order valence-electron chi connectivity index (χ2n) is 7.01. The van der Waals surface area contributed by atoms with Gasteiger partial charge in [0.2, 0.25) is 0 Å². The molecule has 0 radical (unpaired) electrons. The van der Waals surface area contributed by atoms with Crippen molar-refractivity contribution in [3.63, 3.8) is 0 Å². The molecule has 0 aromatic heterocycles. The van der Waals surface area contributed by atoms with Gasteiger partial charge < -0.3 is 15.0 Å². The summed E-state index contributed by atoms with van der Waals surface area (Å²) in [6.07, 6.45) is 1.16. The Morgan fingerprint density at radius 2 is 2.04 bits per heavy atom. The number of methoxy groups -OCH3 is 1. The van der Waals surface area contributed by atoms with Crippen molar-refractivity contribution < 1.29 is 4.74 Å². The Balaban J connectivity index is 0.00000392. The van der Waals surface area contributed by atoms with E-state index in [0.717, 1.165) is 62.3 Å². The summed E-state index contributed by atoms with van der Waals surface area (Å²) >= 11 is 6.52. The highest BCUT2D eigenvalue weighted by molar-refractivity contribution is 14.0. The lowest BCUT2D eigenvalue weighted by Crippen LogP contribution is -2.41. The summed E-state index contributed by atoms with van der Waals surface area (Å²) in [6, 6.07) is 8.32. The highest BCUT2D eigenvalue weighted by Gasteiger charge is 2.26. The van der Waals surface area contributed by atoms with Crippen molar-refractivity contribution in [1.82, 2.24) is 15.1 Å². The molecule has 0 bridgehead atoms. The highest BCUT2D eigenvalue weighted by Crippen LogP contribution is 2.28. The summed E-state index contributed by atoms with van der Waals surface area (Å²) in [5.74, 6) is 1.58. The van der Waals surface area contributed by atoms with E-state index in [1.54, 1.807) is 7.11 Å². The number of hydrogen-bond donors (Lipinski definition) is 1. The second kappa shape index (κ2) is 13.6. The number of rotatable bonds is 9.